The maximum absolute atomic E-state index is 12.1. The molecule has 2 aromatic carbocycles. The highest BCUT2D eigenvalue weighted by Gasteiger charge is 2.10. The van der Waals surface area contributed by atoms with Gasteiger partial charge in [0.15, 0.2) is 0 Å². The first-order valence-corrected chi connectivity index (χ1v) is 8.75. The van der Waals surface area contributed by atoms with E-state index >= 15 is 0 Å². The summed E-state index contributed by atoms with van der Waals surface area (Å²) in [6.45, 7) is 4.02. The number of hydrogen-bond donors (Lipinski definition) is 1. The number of carbonyl (C=O) groups excluding carboxylic acids is 1. The molecule has 26 heavy (non-hydrogen) atoms. The molecule has 0 saturated carbocycles. The molecule has 132 valence electrons. The van der Waals surface area contributed by atoms with Crippen molar-refractivity contribution in [1.29, 1.82) is 0 Å². The highest BCUT2D eigenvalue weighted by atomic mass is 35.5. The maximum Gasteiger partial charge on any atom is 0.271 e. The van der Waals surface area contributed by atoms with Crippen molar-refractivity contribution in [3.05, 3.63) is 87.2 Å². The van der Waals surface area contributed by atoms with E-state index in [-0.39, 0.29) is 5.91 Å². The Labute approximate surface area is 162 Å². The van der Waals surface area contributed by atoms with Gasteiger partial charge < -0.3 is 4.57 Å². The first-order valence-electron chi connectivity index (χ1n) is 7.99. The molecule has 0 aliphatic rings. The molecule has 1 heterocycles. The van der Waals surface area contributed by atoms with Crippen LogP contribution >= 0.6 is 23.2 Å². The normalized spacial score (nSPS) is 11.1. The molecule has 1 aromatic heterocycles. The minimum absolute atomic E-state index is 0.288. The fourth-order valence-electron chi connectivity index (χ4n) is 2.73. The molecule has 0 spiro atoms. The van der Waals surface area contributed by atoms with Crippen molar-refractivity contribution in [3.8, 4) is 5.69 Å². The molecule has 0 unspecified atom stereocenters. The predicted octanol–water partition coefficient (Wildman–Crippen LogP) is 5.16. The second kappa shape index (κ2) is 7.77. The molecule has 0 bridgehead atoms. The minimum Gasteiger partial charge on any atom is -0.318 e. The van der Waals surface area contributed by atoms with Crippen LogP contribution in [0.15, 0.2) is 59.7 Å². The van der Waals surface area contributed by atoms with Crippen molar-refractivity contribution in [1.82, 2.24) is 9.99 Å². The standard InChI is InChI=1S/C20H17Cl2N3O/c1-13-11-16(14(2)25(13)19-9-7-18(22)8-10-19)12-23-24-20(26)15-3-5-17(21)6-4-15/h3-12H,1-2H3,(H,24,26)/b23-12-. The molecule has 0 aliphatic heterocycles. The van der Waals surface area contributed by atoms with Crippen LogP contribution in [-0.4, -0.2) is 16.7 Å². The van der Waals surface area contributed by atoms with E-state index in [0.717, 1.165) is 22.6 Å². The number of nitrogens with zero attached hydrogens (tertiary/aromatic N) is 2. The van der Waals surface area contributed by atoms with E-state index in [1.54, 1.807) is 30.5 Å². The van der Waals surface area contributed by atoms with Crippen LogP contribution in [0.4, 0.5) is 0 Å². The van der Waals surface area contributed by atoms with Gasteiger partial charge in [-0.05, 0) is 68.4 Å². The minimum atomic E-state index is -0.288. The van der Waals surface area contributed by atoms with Crippen LogP contribution in [0.3, 0.4) is 0 Å². The van der Waals surface area contributed by atoms with Gasteiger partial charge in [0, 0.05) is 38.2 Å². The van der Waals surface area contributed by atoms with Gasteiger partial charge in [-0.25, -0.2) is 5.43 Å². The van der Waals surface area contributed by atoms with Crippen LogP contribution in [0.1, 0.15) is 27.3 Å². The predicted molar refractivity (Wildman–Crippen MR) is 107 cm³/mol. The number of rotatable bonds is 4. The molecule has 1 N–H and O–H groups in total. The summed E-state index contributed by atoms with van der Waals surface area (Å²) < 4.78 is 2.11. The van der Waals surface area contributed by atoms with E-state index in [9.17, 15) is 4.79 Å². The zero-order valence-electron chi connectivity index (χ0n) is 14.3. The number of hydrogen-bond acceptors (Lipinski definition) is 2. The summed E-state index contributed by atoms with van der Waals surface area (Å²) in [5.41, 5.74) is 7.06. The highest BCUT2D eigenvalue weighted by molar-refractivity contribution is 6.30. The van der Waals surface area contributed by atoms with Crippen molar-refractivity contribution < 1.29 is 4.79 Å². The van der Waals surface area contributed by atoms with E-state index in [2.05, 4.69) is 15.1 Å². The molecular weight excluding hydrogens is 369 g/mol. The summed E-state index contributed by atoms with van der Waals surface area (Å²) in [5, 5.41) is 5.35. The second-order valence-electron chi connectivity index (χ2n) is 5.84. The third-order valence-corrected chi connectivity index (χ3v) is 4.54. The van der Waals surface area contributed by atoms with Gasteiger partial charge in [-0.15, -0.1) is 0 Å². The van der Waals surface area contributed by atoms with Gasteiger partial charge >= 0.3 is 0 Å². The Bertz CT molecular complexity index is 958. The number of benzene rings is 2. The molecule has 6 heteroatoms. The van der Waals surface area contributed by atoms with Crippen LogP contribution < -0.4 is 5.43 Å². The number of nitrogens with one attached hydrogen (secondary N) is 1. The molecule has 4 nitrogen and oxygen atoms in total. The molecule has 3 rings (SSSR count). The number of amides is 1. The van der Waals surface area contributed by atoms with Crippen LogP contribution in [0.5, 0.6) is 0 Å². The summed E-state index contributed by atoms with van der Waals surface area (Å²) >= 11 is 11.8. The largest absolute Gasteiger partial charge is 0.318 e. The van der Waals surface area contributed by atoms with Crippen molar-refractivity contribution >= 4 is 35.3 Å². The van der Waals surface area contributed by atoms with E-state index in [0.29, 0.717) is 15.6 Å². The van der Waals surface area contributed by atoms with Crippen molar-refractivity contribution in [3.63, 3.8) is 0 Å². The topological polar surface area (TPSA) is 46.4 Å². The first kappa shape index (κ1) is 18.2. The Morgan fingerprint density at radius 2 is 1.58 bits per heavy atom. The van der Waals surface area contributed by atoms with Crippen molar-refractivity contribution in [2.45, 2.75) is 13.8 Å². The van der Waals surface area contributed by atoms with E-state index in [1.807, 2.05) is 44.2 Å². The molecule has 1 amide bonds. The number of hydrazone groups is 1. The average molecular weight is 386 g/mol. The lowest BCUT2D eigenvalue weighted by molar-refractivity contribution is 0.0955. The summed E-state index contributed by atoms with van der Waals surface area (Å²) in [7, 11) is 0. The van der Waals surface area contributed by atoms with Crippen LogP contribution in [0, 0.1) is 13.8 Å². The zero-order valence-corrected chi connectivity index (χ0v) is 15.8. The lowest BCUT2D eigenvalue weighted by atomic mass is 10.2. The van der Waals surface area contributed by atoms with Crippen LogP contribution in [-0.2, 0) is 0 Å². The van der Waals surface area contributed by atoms with Crippen molar-refractivity contribution in [2.75, 3.05) is 0 Å². The number of carbonyl (C=O) groups is 1. The van der Waals surface area contributed by atoms with Crippen LogP contribution in [0.2, 0.25) is 10.0 Å². The SMILES string of the molecule is Cc1cc(/C=N\NC(=O)c2ccc(Cl)cc2)c(C)n1-c1ccc(Cl)cc1. The van der Waals surface area contributed by atoms with Gasteiger partial charge in [0.2, 0.25) is 0 Å². The van der Waals surface area contributed by atoms with Gasteiger partial charge in [-0.2, -0.15) is 5.10 Å². The third-order valence-electron chi connectivity index (χ3n) is 4.03. The maximum atomic E-state index is 12.1. The summed E-state index contributed by atoms with van der Waals surface area (Å²) in [4.78, 5) is 12.1. The number of aryl methyl sites for hydroxylation is 1. The first-order chi connectivity index (χ1) is 12.5. The second-order valence-corrected chi connectivity index (χ2v) is 6.72. The van der Waals surface area contributed by atoms with Crippen molar-refractivity contribution in [2.24, 2.45) is 5.10 Å². The number of halogens is 2. The molecule has 0 fully saturated rings. The van der Waals surface area contributed by atoms with E-state index in [4.69, 9.17) is 23.2 Å². The van der Waals surface area contributed by atoms with E-state index < -0.39 is 0 Å². The van der Waals surface area contributed by atoms with Gasteiger partial charge in [-0.1, -0.05) is 23.2 Å². The Balaban J connectivity index is 1.77. The Hall–Kier alpha value is -2.56. The third kappa shape index (κ3) is 3.98. The quantitative estimate of drug-likeness (QED) is 0.488. The Morgan fingerprint density at radius 1 is 1.00 bits per heavy atom. The fraction of sp³-hybridized carbons (Fsp3) is 0.100. The Kier molecular flexibility index (Phi) is 5.45. The monoisotopic (exact) mass is 385 g/mol. The van der Waals surface area contributed by atoms with E-state index in [1.165, 1.54) is 0 Å². The summed E-state index contributed by atoms with van der Waals surface area (Å²) in [6, 6.07) is 16.3. The molecule has 0 aliphatic carbocycles. The van der Waals surface area contributed by atoms with Gasteiger partial charge in [0.05, 0.1) is 6.21 Å². The molecular formula is C20H17Cl2N3O. The molecule has 3 aromatic rings. The molecule has 0 atom stereocenters. The summed E-state index contributed by atoms with van der Waals surface area (Å²) in [5.74, 6) is -0.288. The Morgan fingerprint density at radius 3 is 2.19 bits per heavy atom. The van der Waals surface area contributed by atoms with Crippen LogP contribution in [0.25, 0.3) is 5.69 Å². The zero-order chi connectivity index (χ0) is 18.7. The highest BCUT2D eigenvalue weighted by Crippen LogP contribution is 2.21. The lowest BCUT2D eigenvalue weighted by Crippen LogP contribution is -2.17. The smallest absolute Gasteiger partial charge is 0.271 e. The lowest BCUT2D eigenvalue weighted by Gasteiger charge is -2.09. The summed E-state index contributed by atoms with van der Waals surface area (Å²) in [6.07, 6.45) is 1.64. The van der Waals surface area contributed by atoms with Gasteiger partial charge in [0.25, 0.3) is 5.91 Å². The average Bonchev–Trinajstić information content (AvgIpc) is 2.90. The molecule has 0 saturated heterocycles. The number of aromatic nitrogens is 1. The fourth-order valence-corrected chi connectivity index (χ4v) is 2.98. The van der Waals surface area contributed by atoms with Gasteiger partial charge in [-0.3, -0.25) is 4.79 Å². The molecule has 0 radical (unpaired) electrons. The van der Waals surface area contributed by atoms with Gasteiger partial charge in [0.1, 0.15) is 0 Å².